The van der Waals surface area contributed by atoms with Crippen LogP contribution in [0.4, 0.5) is 0 Å². The Morgan fingerprint density at radius 3 is 2.33 bits per heavy atom. The standard InChI is InChI=1S/C10H21BrO/c1-10(7-5-9-12)6-3-2-4-8-11/h10,12H,2-9H2,1H3/t10-/m0/s1. The number of rotatable bonds is 8. The van der Waals surface area contributed by atoms with E-state index >= 15 is 0 Å². The van der Waals surface area contributed by atoms with Crippen LogP contribution in [0.25, 0.3) is 0 Å². The zero-order valence-corrected chi connectivity index (χ0v) is 9.65. The summed E-state index contributed by atoms with van der Waals surface area (Å²) < 4.78 is 0. The lowest BCUT2D eigenvalue weighted by Crippen LogP contribution is -1.96. The zero-order valence-electron chi connectivity index (χ0n) is 8.06. The van der Waals surface area contributed by atoms with E-state index in [1.54, 1.807) is 0 Å². The first-order valence-corrected chi connectivity index (χ1v) is 6.10. The van der Waals surface area contributed by atoms with E-state index in [1.165, 1.54) is 32.1 Å². The van der Waals surface area contributed by atoms with Gasteiger partial charge in [0.15, 0.2) is 0 Å². The van der Waals surface area contributed by atoms with E-state index in [-0.39, 0.29) is 0 Å². The minimum absolute atomic E-state index is 0.353. The molecule has 0 bridgehead atoms. The van der Waals surface area contributed by atoms with Crippen molar-refractivity contribution in [2.75, 3.05) is 11.9 Å². The Bertz CT molecular complexity index is 85.9. The predicted molar refractivity (Wildman–Crippen MR) is 57.7 cm³/mol. The summed E-state index contributed by atoms with van der Waals surface area (Å²) in [6.07, 6.45) is 7.47. The molecule has 0 fully saturated rings. The van der Waals surface area contributed by atoms with Crippen molar-refractivity contribution in [2.24, 2.45) is 5.92 Å². The molecule has 0 heterocycles. The first-order valence-electron chi connectivity index (χ1n) is 4.98. The Kier molecular flexibility index (Phi) is 9.88. The number of hydrogen-bond donors (Lipinski definition) is 1. The molecule has 0 aromatic heterocycles. The Hall–Kier alpha value is 0.440. The van der Waals surface area contributed by atoms with Gasteiger partial charge in [-0.05, 0) is 25.2 Å². The summed E-state index contributed by atoms with van der Waals surface area (Å²) in [6.45, 7) is 2.63. The van der Waals surface area contributed by atoms with Crippen molar-refractivity contribution in [3.63, 3.8) is 0 Å². The molecule has 0 aromatic carbocycles. The number of halogens is 1. The highest BCUT2D eigenvalue weighted by Gasteiger charge is 2.00. The molecule has 2 heteroatoms. The molecule has 0 aliphatic rings. The van der Waals surface area contributed by atoms with Crippen LogP contribution < -0.4 is 0 Å². The van der Waals surface area contributed by atoms with Gasteiger partial charge in [0.25, 0.3) is 0 Å². The average Bonchev–Trinajstić information content (AvgIpc) is 2.09. The largest absolute Gasteiger partial charge is 0.396 e. The van der Waals surface area contributed by atoms with Crippen LogP contribution in [0.5, 0.6) is 0 Å². The minimum Gasteiger partial charge on any atom is -0.396 e. The van der Waals surface area contributed by atoms with Gasteiger partial charge in [0.05, 0.1) is 0 Å². The fourth-order valence-corrected chi connectivity index (χ4v) is 1.74. The van der Waals surface area contributed by atoms with Gasteiger partial charge in [-0.1, -0.05) is 42.1 Å². The van der Waals surface area contributed by atoms with Gasteiger partial charge < -0.3 is 5.11 Å². The summed E-state index contributed by atoms with van der Waals surface area (Å²) in [6, 6.07) is 0. The molecule has 1 N–H and O–H groups in total. The molecule has 12 heavy (non-hydrogen) atoms. The van der Waals surface area contributed by atoms with Crippen molar-refractivity contribution < 1.29 is 5.11 Å². The molecule has 0 unspecified atom stereocenters. The van der Waals surface area contributed by atoms with Gasteiger partial charge in [-0.3, -0.25) is 0 Å². The first kappa shape index (κ1) is 12.4. The summed E-state index contributed by atoms with van der Waals surface area (Å²) in [7, 11) is 0. The molecular weight excluding hydrogens is 216 g/mol. The molecule has 1 nitrogen and oxygen atoms in total. The molecule has 0 aliphatic carbocycles. The normalized spacial score (nSPS) is 13.2. The second-order valence-electron chi connectivity index (χ2n) is 3.51. The van der Waals surface area contributed by atoms with Crippen LogP contribution in [0.3, 0.4) is 0 Å². The topological polar surface area (TPSA) is 20.2 Å². The maximum atomic E-state index is 8.62. The summed E-state index contributed by atoms with van der Waals surface area (Å²) in [4.78, 5) is 0. The van der Waals surface area contributed by atoms with Crippen LogP contribution in [0.2, 0.25) is 0 Å². The second-order valence-corrected chi connectivity index (χ2v) is 4.30. The molecule has 0 aliphatic heterocycles. The maximum absolute atomic E-state index is 8.62. The maximum Gasteiger partial charge on any atom is 0.0431 e. The highest BCUT2D eigenvalue weighted by atomic mass is 79.9. The fraction of sp³-hybridized carbons (Fsp3) is 1.00. The van der Waals surface area contributed by atoms with Crippen LogP contribution in [0.15, 0.2) is 0 Å². The first-order chi connectivity index (χ1) is 5.81. The molecule has 0 rings (SSSR count). The minimum atomic E-state index is 0.353. The van der Waals surface area contributed by atoms with Gasteiger partial charge in [0.2, 0.25) is 0 Å². The van der Waals surface area contributed by atoms with Gasteiger partial charge >= 0.3 is 0 Å². The molecule has 0 amide bonds. The average molecular weight is 237 g/mol. The van der Waals surface area contributed by atoms with Crippen molar-refractivity contribution in [2.45, 2.75) is 45.4 Å². The summed E-state index contributed by atoms with van der Waals surface area (Å²) in [5, 5.41) is 9.76. The Morgan fingerprint density at radius 1 is 1.08 bits per heavy atom. The molecule has 0 saturated carbocycles. The van der Waals surface area contributed by atoms with Crippen LogP contribution in [-0.2, 0) is 0 Å². The van der Waals surface area contributed by atoms with Crippen molar-refractivity contribution in [1.29, 1.82) is 0 Å². The molecular formula is C10H21BrO. The monoisotopic (exact) mass is 236 g/mol. The van der Waals surface area contributed by atoms with Gasteiger partial charge in [0.1, 0.15) is 0 Å². The summed E-state index contributed by atoms with van der Waals surface area (Å²) in [5.74, 6) is 0.799. The van der Waals surface area contributed by atoms with E-state index in [1.807, 2.05) is 0 Å². The van der Waals surface area contributed by atoms with Crippen LogP contribution in [-0.4, -0.2) is 17.0 Å². The summed E-state index contributed by atoms with van der Waals surface area (Å²) in [5.41, 5.74) is 0. The third kappa shape index (κ3) is 8.54. The molecule has 0 radical (unpaired) electrons. The quantitative estimate of drug-likeness (QED) is 0.507. The predicted octanol–water partition coefficient (Wildman–Crippen LogP) is 3.35. The highest BCUT2D eigenvalue weighted by Crippen LogP contribution is 2.14. The zero-order chi connectivity index (χ0) is 9.23. The number of unbranched alkanes of at least 4 members (excludes halogenated alkanes) is 2. The van der Waals surface area contributed by atoms with Gasteiger partial charge in [0, 0.05) is 11.9 Å². The van der Waals surface area contributed by atoms with E-state index in [9.17, 15) is 0 Å². The molecule has 0 spiro atoms. The smallest absolute Gasteiger partial charge is 0.0431 e. The van der Waals surface area contributed by atoms with Crippen molar-refractivity contribution >= 4 is 15.9 Å². The SMILES string of the molecule is C[C@H](CCCO)CCCCCBr. The molecule has 74 valence electrons. The number of aliphatic hydroxyl groups is 1. The van der Waals surface area contributed by atoms with E-state index in [0.717, 1.165) is 17.7 Å². The third-order valence-electron chi connectivity index (χ3n) is 2.19. The van der Waals surface area contributed by atoms with E-state index < -0.39 is 0 Å². The van der Waals surface area contributed by atoms with Crippen molar-refractivity contribution in [3.05, 3.63) is 0 Å². The fourth-order valence-electron chi connectivity index (χ4n) is 1.35. The third-order valence-corrected chi connectivity index (χ3v) is 2.75. The Labute approximate surface area is 84.7 Å². The summed E-state index contributed by atoms with van der Waals surface area (Å²) >= 11 is 3.43. The van der Waals surface area contributed by atoms with E-state index in [0.29, 0.717) is 6.61 Å². The highest BCUT2D eigenvalue weighted by molar-refractivity contribution is 9.09. The van der Waals surface area contributed by atoms with Crippen LogP contribution >= 0.6 is 15.9 Å². The van der Waals surface area contributed by atoms with Gasteiger partial charge in [-0.2, -0.15) is 0 Å². The van der Waals surface area contributed by atoms with Crippen molar-refractivity contribution in [1.82, 2.24) is 0 Å². The van der Waals surface area contributed by atoms with Gasteiger partial charge in [-0.15, -0.1) is 0 Å². The Balaban J connectivity index is 3.02. The lowest BCUT2D eigenvalue weighted by Gasteiger charge is -2.09. The second kappa shape index (κ2) is 9.53. The van der Waals surface area contributed by atoms with E-state index in [4.69, 9.17) is 5.11 Å². The molecule has 0 aromatic rings. The van der Waals surface area contributed by atoms with Crippen LogP contribution in [0.1, 0.15) is 45.4 Å². The number of alkyl halides is 1. The van der Waals surface area contributed by atoms with E-state index in [2.05, 4.69) is 22.9 Å². The molecule has 1 atom stereocenters. The van der Waals surface area contributed by atoms with Crippen LogP contribution in [0, 0.1) is 5.92 Å². The van der Waals surface area contributed by atoms with Crippen molar-refractivity contribution in [3.8, 4) is 0 Å². The lowest BCUT2D eigenvalue weighted by molar-refractivity contribution is 0.271. The van der Waals surface area contributed by atoms with Gasteiger partial charge in [-0.25, -0.2) is 0 Å². The lowest BCUT2D eigenvalue weighted by atomic mass is 9.99. The number of hydrogen-bond acceptors (Lipinski definition) is 1. The Morgan fingerprint density at radius 2 is 1.75 bits per heavy atom. The number of aliphatic hydroxyl groups excluding tert-OH is 1. The molecule has 0 saturated heterocycles.